The topological polar surface area (TPSA) is 66.0 Å². The molecule has 4 aromatic rings. The van der Waals surface area contributed by atoms with Gasteiger partial charge in [0.25, 0.3) is 0 Å². The van der Waals surface area contributed by atoms with Crippen LogP contribution in [0.25, 0.3) is 11.3 Å². The van der Waals surface area contributed by atoms with Crippen molar-refractivity contribution in [2.24, 2.45) is 0 Å². The number of amides is 2. The Kier molecular flexibility index (Phi) is 6.11. The molecule has 0 atom stereocenters. The molecule has 0 fully saturated rings. The Labute approximate surface area is 185 Å². The number of rotatable bonds is 5. The molecule has 0 unspecified atom stereocenters. The molecule has 0 bridgehead atoms. The molecule has 156 valence electrons. The molecule has 3 aromatic carbocycles. The number of carbonyl (C=O) groups excluding carboxylic acids is 1. The van der Waals surface area contributed by atoms with Crippen LogP contribution in [0.4, 0.5) is 35.8 Å². The number of benzene rings is 3. The van der Waals surface area contributed by atoms with Crippen LogP contribution >= 0.6 is 22.9 Å². The van der Waals surface area contributed by atoms with Crippen LogP contribution in [-0.4, -0.2) is 11.0 Å². The fraction of sp³-hybridized carbons (Fsp3) is 0. The van der Waals surface area contributed by atoms with Gasteiger partial charge in [-0.05, 0) is 36.4 Å². The maximum atomic E-state index is 13.7. The van der Waals surface area contributed by atoms with Crippen LogP contribution in [0.2, 0.25) is 5.02 Å². The number of hydrogen-bond acceptors (Lipinski definition) is 4. The summed E-state index contributed by atoms with van der Waals surface area (Å²) in [6.45, 7) is 0. The summed E-state index contributed by atoms with van der Waals surface area (Å²) in [5.41, 5.74) is 2.63. The van der Waals surface area contributed by atoms with Gasteiger partial charge >= 0.3 is 6.03 Å². The third-order valence-electron chi connectivity index (χ3n) is 4.22. The van der Waals surface area contributed by atoms with E-state index in [0.29, 0.717) is 27.6 Å². The molecule has 0 aliphatic carbocycles. The summed E-state index contributed by atoms with van der Waals surface area (Å²) < 4.78 is 26.7. The Balaban J connectivity index is 1.45. The predicted molar refractivity (Wildman–Crippen MR) is 121 cm³/mol. The third-order valence-corrected chi connectivity index (χ3v) is 5.30. The highest BCUT2D eigenvalue weighted by atomic mass is 35.5. The average molecular weight is 457 g/mol. The van der Waals surface area contributed by atoms with Gasteiger partial charge in [0.15, 0.2) is 5.13 Å². The van der Waals surface area contributed by atoms with E-state index in [2.05, 4.69) is 20.9 Å². The van der Waals surface area contributed by atoms with Gasteiger partial charge in [0.05, 0.1) is 22.1 Å². The summed E-state index contributed by atoms with van der Waals surface area (Å²) in [7, 11) is 0. The third kappa shape index (κ3) is 5.17. The second-order valence-electron chi connectivity index (χ2n) is 6.43. The molecule has 0 spiro atoms. The van der Waals surface area contributed by atoms with Gasteiger partial charge in [-0.3, -0.25) is 0 Å². The average Bonchev–Trinajstić information content (AvgIpc) is 3.21. The van der Waals surface area contributed by atoms with E-state index in [1.54, 1.807) is 24.3 Å². The Morgan fingerprint density at radius 1 is 0.935 bits per heavy atom. The Morgan fingerprint density at radius 2 is 1.77 bits per heavy atom. The summed E-state index contributed by atoms with van der Waals surface area (Å²) in [5.74, 6) is -1.58. The van der Waals surface area contributed by atoms with E-state index < -0.39 is 17.7 Å². The zero-order chi connectivity index (χ0) is 21.8. The van der Waals surface area contributed by atoms with Gasteiger partial charge in [-0.1, -0.05) is 35.9 Å². The molecule has 4 rings (SSSR count). The molecule has 0 radical (unpaired) electrons. The first-order chi connectivity index (χ1) is 15.0. The molecule has 0 aliphatic heterocycles. The van der Waals surface area contributed by atoms with Crippen LogP contribution in [0.3, 0.4) is 0 Å². The number of urea groups is 1. The van der Waals surface area contributed by atoms with Crippen molar-refractivity contribution in [1.29, 1.82) is 0 Å². The van der Waals surface area contributed by atoms with Gasteiger partial charge in [-0.25, -0.2) is 18.6 Å². The van der Waals surface area contributed by atoms with Crippen molar-refractivity contribution >= 4 is 51.2 Å². The number of carbonyl (C=O) groups is 1. The van der Waals surface area contributed by atoms with Crippen molar-refractivity contribution in [3.05, 3.63) is 88.8 Å². The summed E-state index contributed by atoms with van der Waals surface area (Å²) in [5, 5.41) is 11.3. The van der Waals surface area contributed by atoms with Crippen LogP contribution in [-0.2, 0) is 0 Å². The maximum Gasteiger partial charge on any atom is 0.323 e. The summed E-state index contributed by atoms with van der Waals surface area (Å²) in [6.07, 6.45) is 0. The summed E-state index contributed by atoms with van der Waals surface area (Å²) in [4.78, 5) is 16.7. The number of para-hydroxylation sites is 1. The fourth-order valence-electron chi connectivity index (χ4n) is 2.77. The fourth-order valence-corrected chi connectivity index (χ4v) is 3.69. The van der Waals surface area contributed by atoms with Crippen LogP contribution in [0, 0.1) is 11.6 Å². The van der Waals surface area contributed by atoms with Crippen LogP contribution in [0.5, 0.6) is 0 Å². The van der Waals surface area contributed by atoms with Crippen LogP contribution < -0.4 is 16.0 Å². The minimum absolute atomic E-state index is 0.121. The molecule has 31 heavy (non-hydrogen) atoms. The smallest absolute Gasteiger partial charge is 0.323 e. The first kappa shape index (κ1) is 20.8. The van der Waals surface area contributed by atoms with Crippen molar-refractivity contribution in [2.75, 3.05) is 16.0 Å². The zero-order valence-electron chi connectivity index (χ0n) is 15.8. The first-order valence-corrected chi connectivity index (χ1v) is 10.3. The van der Waals surface area contributed by atoms with E-state index in [1.807, 2.05) is 29.6 Å². The van der Waals surface area contributed by atoms with Crippen LogP contribution in [0.15, 0.2) is 72.1 Å². The summed E-state index contributed by atoms with van der Waals surface area (Å²) >= 11 is 7.59. The molecule has 5 nitrogen and oxygen atoms in total. The Hall–Kier alpha value is -3.49. The largest absolute Gasteiger partial charge is 0.330 e. The monoisotopic (exact) mass is 456 g/mol. The minimum atomic E-state index is -0.857. The molecule has 9 heteroatoms. The van der Waals surface area contributed by atoms with E-state index in [0.717, 1.165) is 23.4 Å². The van der Waals surface area contributed by atoms with E-state index in [4.69, 9.17) is 11.6 Å². The van der Waals surface area contributed by atoms with Crippen molar-refractivity contribution in [2.45, 2.75) is 0 Å². The van der Waals surface area contributed by atoms with Gasteiger partial charge < -0.3 is 16.0 Å². The van der Waals surface area contributed by atoms with Gasteiger partial charge in [0.1, 0.15) is 11.6 Å². The minimum Gasteiger partial charge on any atom is -0.330 e. The maximum absolute atomic E-state index is 13.7. The standard InChI is InChI=1S/C22H15ClF2N4OS/c23-16-6-1-2-7-18(16)28-22-29-20(12-31-22)13-4-3-5-15(10-13)26-21(30)27-19-9-8-14(24)11-17(19)25/h1-12H,(H,28,29)(H2,26,27,30). The lowest BCUT2D eigenvalue weighted by Gasteiger charge is -2.09. The normalized spacial score (nSPS) is 10.5. The van der Waals surface area contributed by atoms with Gasteiger partial charge in [0.2, 0.25) is 0 Å². The van der Waals surface area contributed by atoms with E-state index in [9.17, 15) is 13.6 Å². The quantitative estimate of drug-likeness (QED) is 0.299. The number of nitrogens with one attached hydrogen (secondary N) is 3. The van der Waals surface area contributed by atoms with Crippen molar-refractivity contribution in [3.8, 4) is 11.3 Å². The Morgan fingerprint density at radius 3 is 2.58 bits per heavy atom. The number of halogens is 3. The van der Waals surface area contributed by atoms with Gasteiger partial charge in [-0.15, -0.1) is 11.3 Å². The molecule has 2 amide bonds. The first-order valence-electron chi connectivity index (χ1n) is 9.08. The molecule has 0 aliphatic rings. The van der Waals surface area contributed by atoms with Gasteiger partial charge in [0, 0.05) is 22.7 Å². The lowest BCUT2D eigenvalue weighted by molar-refractivity contribution is 0.262. The number of nitrogens with zero attached hydrogens (tertiary/aromatic N) is 1. The zero-order valence-corrected chi connectivity index (χ0v) is 17.4. The SMILES string of the molecule is O=C(Nc1cccc(-c2csc(Nc3ccccc3Cl)n2)c1)Nc1ccc(F)cc1F. The summed E-state index contributed by atoms with van der Waals surface area (Å²) in [6, 6.07) is 16.7. The molecule has 1 heterocycles. The van der Waals surface area contributed by atoms with Gasteiger partial charge in [-0.2, -0.15) is 0 Å². The van der Waals surface area contributed by atoms with E-state index >= 15 is 0 Å². The van der Waals surface area contributed by atoms with Crippen molar-refractivity contribution < 1.29 is 13.6 Å². The molecule has 0 saturated carbocycles. The van der Waals surface area contributed by atoms with Crippen molar-refractivity contribution in [1.82, 2.24) is 4.98 Å². The van der Waals surface area contributed by atoms with Crippen LogP contribution in [0.1, 0.15) is 0 Å². The second-order valence-corrected chi connectivity index (χ2v) is 7.69. The number of aromatic nitrogens is 1. The highest BCUT2D eigenvalue weighted by Crippen LogP contribution is 2.31. The number of hydrogen-bond donors (Lipinski definition) is 3. The molecular formula is C22H15ClF2N4OS. The number of thiazole rings is 1. The van der Waals surface area contributed by atoms with E-state index in [-0.39, 0.29) is 5.69 Å². The second kappa shape index (κ2) is 9.11. The highest BCUT2D eigenvalue weighted by Gasteiger charge is 2.10. The lowest BCUT2D eigenvalue weighted by Crippen LogP contribution is -2.20. The predicted octanol–water partition coefficient (Wildman–Crippen LogP) is 7.13. The molecule has 3 N–H and O–H groups in total. The highest BCUT2D eigenvalue weighted by molar-refractivity contribution is 7.14. The molecule has 1 aromatic heterocycles. The molecular weight excluding hydrogens is 442 g/mol. The van der Waals surface area contributed by atoms with E-state index in [1.165, 1.54) is 11.3 Å². The number of anilines is 4. The van der Waals surface area contributed by atoms with Crippen molar-refractivity contribution in [3.63, 3.8) is 0 Å². The Bertz CT molecular complexity index is 1250. The lowest BCUT2D eigenvalue weighted by atomic mass is 10.1. The molecule has 0 saturated heterocycles.